The Morgan fingerprint density at radius 3 is 1.41 bits per heavy atom. The number of fused-ring (bicyclic) bond motifs is 6. The van der Waals surface area contributed by atoms with Crippen molar-refractivity contribution in [1.82, 2.24) is 0 Å². The Labute approximate surface area is 188 Å². The Bertz CT molecular complexity index is 1230. The highest BCUT2D eigenvalue weighted by Gasteiger charge is 2.33. The number of para-hydroxylation sites is 2. The zero-order valence-corrected chi connectivity index (χ0v) is 18.7. The quantitative estimate of drug-likeness (QED) is 0.541. The van der Waals surface area contributed by atoms with E-state index in [0.29, 0.717) is 11.1 Å². The number of phenols is 2. The maximum Gasteiger partial charge on any atom is 0.127 e. The first kappa shape index (κ1) is 20.3. The first-order chi connectivity index (χ1) is 15.2. The molecule has 160 valence electrons. The van der Waals surface area contributed by atoms with Gasteiger partial charge in [0.25, 0.3) is 0 Å². The van der Waals surface area contributed by atoms with E-state index >= 15 is 0 Å². The molecule has 2 N–H and O–H groups in total. The van der Waals surface area contributed by atoms with E-state index in [2.05, 4.69) is 27.7 Å². The molecule has 0 unspecified atom stereocenters. The Morgan fingerprint density at radius 1 is 0.594 bits per heavy atom. The molecule has 0 fully saturated rings. The van der Waals surface area contributed by atoms with E-state index in [9.17, 15) is 10.2 Å². The van der Waals surface area contributed by atoms with Gasteiger partial charge >= 0.3 is 0 Å². The van der Waals surface area contributed by atoms with Crippen LogP contribution in [-0.4, -0.2) is 21.6 Å². The molecule has 3 heterocycles. The van der Waals surface area contributed by atoms with Crippen molar-refractivity contribution in [2.24, 2.45) is 9.98 Å². The van der Waals surface area contributed by atoms with Gasteiger partial charge in [0, 0.05) is 33.1 Å². The van der Waals surface area contributed by atoms with Crippen LogP contribution in [0.4, 0.5) is 0 Å². The summed E-state index contributed by atoms with van der Waals surface area (Å²) in [5.41, 5.74) is 5.27. The fourth-order valence-electron chi connectivity index (χ4n) is 4.57. The van der Waals surface area contributed by atoms with Gasteiger partial charge in [0.1, 0.15) is 11.5 Å². The van der Waals surface area contributed by atoms with Crippen molar-refractivity contribution in [3.05, 3.63) is 94.4 Å². The SMILES string of the molecule is CC1(C)C2=NC(=Cc3cccc(c3O)C(C)(C)C3=NC(=Cc4cccc1c4O)C=C3)C=C2. The molecule has 0 amide bonds. The number of rotatable bonds is 0. The van der Waals surface area contributed by atoms with E-state index in [1.807, 2.05) is 72.9 Å². The highest BCUT2D eigenvalue weighted by atomic mass is 16.3. The molecule has 32 heavy (non-hydrogen) atoms. The van der Waals surface area contributed by atoms with Gasteiger partial charge in [-0.05, 0) is 36.5 Å². The third-order valence-corrected chi connectivity index (χ3v) is 6.69. The Kier molecular flexibility index (Phi) is 4.38. The van der Waals surface area contributed by atoms with Gasteiger partial charge in [-0.2, -0.15) is 0 Å². The predicted octanol–water partition coefficient (Wildman–Crippen LogP) is 6.07. The molecule has 2 aromatic rings. The minimum Gasteiger partial charge on any atom is -0.507 e. The third kappa shape index (κ3) is 3.06. The van der Waals surface area contributed by atoms with Crippen molar-refractivity contribution in [3.63, 3.8) is 0 Å². The lowest BCUT2D eigenvalue weighted by Crippen LogP contribution is -2.27. The Hall–Kier alpha value is -3.66. The van der Waals surface area contributed by atoms with Crippen molar-refractivity contribution in [3.8, 4) is 11.5 Å². The third-order valence-electron chi connectivity index (χ3n) is 6.69. The lowest BCUT2D eigenvalue weighted by Gasteiger charge is -2.27. The summed E-state index contributed by atoms with van der Waals surface area (Å²) in [5.74, 6) is 0.481. The number of aromatic hydroxyl groups is 2. The molecule has 0 radical (unpaired) electrons. The smallest absolute Gasteiger partial charge is 0.127 e. The highest BCUT2D eigenvalue weighted by molar-refractivity contribution is 6.08. The maximum atomic E-state index is 11.1. The van der Waals surface area contributed by atoms with Crippen LogP contribution in [0.5, 0.6) is 11.5 Å². The van der Waals surface area contributed by atoms with Crippen molar-refractivity contribution < 1.29 is 10.2 Å². The summed E-state index contributed by atoms with van der Waals surface area (Å²) >= 11 is 0. The van der Waals surface area contributed by atoms with Gasteiger partial charge < -0.3 is 10.2 Å². The molecule has 8 bridgehead atoms. The van der Waals surface area contributed by atoms with Crippen LogP contribution in [0.1, 0.15) is 49.9 Å². The molecule has 2 aromatic carbocycles. The molecule has 5 rings (SSSR count). The van der Waals surface area contributed by atoms with E-state index in [4.69, 9.17) is 9.98 Å². The minimum absolute atomic E-state index is 0.241. The van der Waals surface area contributed by atoms with Crippen LogP contribution >= 0.6 is 0 Å². The summed E-state index contributed by atoms with van der Waals surface area (Å²) < 4.78 is 0. The van der Waals surface area contributed by atoms with E-state index < -0.39 is 10.8 Å². The summed E-state index contributed by atoms with van der Waals surface area (Å²) in [4.78, 5) is 9.66. The number of nitrogens with zero attached hydrogens (tertiary/aromatic N) is 2. The van der Waals surface area contributed by atoms with E-state index in [0.717, 1.165) is 33.9 Å². The van der Waals surface area contributed by atoms with E-state index in [1.165, 1.54) is 0 Å². The summed E-state index contributed by atoms with van der Waals surface area (Å²) in [6.45, 7) is 8.22. The molecular formula is C28H26N2O2. The topological polar surface area (TPSA) is 65.2 Å². The summed E-state index contributed by atoms with van der Waals surface area (Å²) in [6.07, 6.45) is 11.7. The maximum absolute atomic E-state index is 11.1. The van der Waals surface area contributed by atoms with Crippen LogP contribution in [0.2, 0.25) is 0 Å². The minimum atomic E-state index is -0.506. The average molecular weight is 423 g/mol. The zero-order chi connectivity index (χ0) is 22.7. The fourth-order valence-corrected chi connectivity index (χ4v) is 4.57. The lowest BCUT2D eigenvalue weighted by molar-refractivity contribution is 0.457. The first-order valence-electron chi connectivity index (χ1n) is 10.8. The van der Waals surface area contributed by atoms with Gasteiger partial charge in [-0.25, -0.2) is 0 Å². The van der Waals surface area contributed by atoms with Gasteiger partial charge in [0.05, 0.1) is 22.8 Å². The fraction of sp³-hybridized carbons (Fsp3) is 0.214. The molecule has 0 aliphatic carbocycles. The molecule has 3 aliphatic rings. The molecule has 4 nitrogen and oxygen atoms in total. The number of hydrogen-bond acceptors (Lipinski definition) is 4. The van der Waals surface area contributed by atoms with Gasteiger partial charge in [-0.15, -0.1) is 0 Å². The summed E-state index contributed by atoms with van der Waals surface area (Å²) in [5, 5.41) is 22.3. The normalized spacial score (nSPS) is 19.9. The van der Waals surface area contributed by atoms with Crippen LogP contribution < -0.4 is 0 Å². The largest absolute Gasteiger partial charge is 0.507 e. The zero-order valence-electron chi connectivity index (χ0n) is 18.7. The van der Waals surface area contributed by atoms with Crippen molar-refractivity contribution >= 4 is 23.6 Å². The molecule has 0 saturated heterocycles. The Balaban J connectivity index is 1.80. The molecule has 0 saturated carbocycles. The monoisotopic (exact) mass is 422 g/mol. The van der Waals surface area contributed by atoms with Gasteiger partial charge in [-0.1, -0.05) is 64.1 Å². The number of allylic oxidation sites excluding steroid dienone is 4. The van der Waals surface area contributed by atoms with Crippen LogP contribution in [0.15, 0.2) is 82.1 Å². The molecule has 3 aliphatic heterocycles. The molecule has 0 atom stereocenters. The van der Waals surface area contributed by atoms with Crippen LogP contribution in [0.25, 0.3) is 12.2 Å². The summed E-state index contributed by atoms with van der Waals surface area (Å²) in [6, 6.07) is 11.6. The average Bonchev–Trinajstić information content (AvgIpc) is 3.41. The van der Waals surface area contributed by atoms with Gasteiger partial charge in [0.15, 0.2) is 0 Å². The van der Waals surface area contributed by atoms with Crippen LogP contribution in [-0.2, 0) is 10.8 Å². The molecule has 4 heteroatoms. The Morgan fingerprint density at radius 2 is 1.00 bits per heavy atom. The highest BCUT2D eigenvalue weighted by Crippen LogP contribution is 2.41. The van der Waals surface area contributed by atoms with Gasteiger partial charge in [0.2, 0.25) is 0 Å². The molecule has 0 spiro atoms. The molecule has 0 aromatic heterocycles. The first-order valence-corrected chi connectivity index (χ1v) is 10.8. The van der Waals surface area contributed by atoms with Crippen LogP contribution in [0, 0.1) is 0 Å². The predicted molar refractivity (Wildman–Crippen MR) is 131 cm³/mol. The number of benzene rings is 2. The van der Waals surface area contributed by atoms with E-state index in [1.54, 1.807) is 0 Å². The van der Waals surface area contributed by atoms with Gasteiger partial charge in [-0.3, -0.25) is 9.98 Å². The number of hydrogen-bond donors (Lipinski definition) is 2. The van der Waals surface area contributed by atoms with Crippen molar-refractivity contribution in [2.45, 2.75) is 38.5 Å². The standard InChI is InChI=1S/C28H26N2O2/c1-27(2)21-9-5-7-17(25(21)31)15-20-12-14-24(30-20)28(3,4)22-10-6-8-18(26(22)32)16-19-11-13-23(27)29-19/h5-16,31-32H,1-4H3. The lowest BCUT2D eigenvalue weighted by atomic mass is 9.78. The van der Waals surface area contributed by atoms with E-state index in [-0.39, 0.29) is 11.5 Å². The second kappa shape index (κ2) is 6.92. The second-order valence-corrected chi connectivity index (χ2v) is 9.54. The number of phenolic OH excluding ortho intramolecular Hbond substituents is 2. The molecular weight excluding hydrogens is 396 g/mol. The summed E-state index contributed by atoms with van der Waals surface area (Å²) in [7, 11) is 0. The van der Waals surface area contributed by atoms with Crippen LogP contribution in [0.3, 0.4) is 0 Å². The van der Waals surface area contributed by atoms with Crippen molar-refractivity contribution in [2.75, 3.05) is 0 Å². The second-order valence-electron chi connectivity index (χ2n) is 9.54. The van der Waals surface area contributed by atoms with Crippen molar-refractivity contribution in [1.29, 1.82) is 0 Å². The number of aliphatic imine (C=N–C) groups is 2.